The summed E-state index contributed by atoms with van der Waals surface area (Å²) in [5.41, 5.74) is 40.9. The molecule has 12 aromatic carbocycles. The Morgan fingerprint density at radius 1 is 0.181 bits per heavy atom. The van der Waals surface area contributed by atoms with Crippen LogP contribution in [0, 0.1) is 0 Å². The molecule has 758 valence electrons. The molecular weight excluding hydrogens is 1740 g/mol. The molecule has 0 amide bonds. The van der Waals surface area contributed by atoms with Crippen molar-refractivity contribution in [2.45, 2.75) is 437 Å². The van der Waals surface area contributed by atoms with E-state index >= 15 is 0 Å². The van der Waals surface area contributed by atoms with E-state index in [4.69, 9.17) is 0 Å². The van der Waals surface area contributed by atoms with E-state index in [1.165, 1.54) is 445 Å². The van der Waals surface area contributed by atoms with Gasteiger partial charge in [0.2, 0.25) is 0 Å². The summed E-state index contributed by atoms with van der Waals surface area (Å²) in [5, 5.41) is 22.8. The van der Waals surface area contributed by atoms with Gasteiger partial charge in [-0.1, -0.05) is 533 Å². The summed E-state index contributed by atoms with van der Waals surface area (Å²) in [7, 11) is -1.51. The lowest BCUT2D eigenvalue weighted by Crippen LogP contribution is -2.29. The molecule has 2 N–H and O–H groups in total. The molecular formula is C140H178BNO2. The minimum Gasteiger partial charge on any atom is -0.423 e. The van der Waals surface area contributed by atoms with Gasteiger partial charge in [0.15, 0.2) is 0 Å². The van der Waals surface area contributed by atoms with Crippen LogP contribution < -0.4 is 5.46 Å². The van der Waals surface area contributed by atoms with E-state index in [0.717, 1.165) is 42.5 Å². The van der Waals surface area contributed by atoms with Crippen LogP contribution in [0.3, 0.4) is 0 Å². The fourth-order valence-corrected chi connectivity index (χ4v) is 27.6. The molecule has 4 aliphatic carbocycles. The predicted molar refractivity (Wildman–Crippen MR) is 627 cm³/mol. The second-order valence-electron chi connectivity index (χ2n) is 45.5. The first kappa shape index (κ1) is 106. The predicted octanol–water partition coefficient (Wildman–Crippen LogP) is 41.9. The van der Waals surface area contributed by atoms with E-state index in [2.05, 4.69) is 278 Å². The Balaban J connectivity index is 0.785. The van der Waals surface area contributed by atoms with Crippen molar-refractivity contribution < 1.29 is 10.0 Å². The van der Waals surface area contributed by atoms with Gasteiger partial charge in [0.1, 0.15) is 0 Å². The summed E-state index contributed by atoms with van der Waals surface area (Å²) < 4.78 is 2.54. The molecule has 3 nitrogen and oxygen atoms in total. The van der Waals surface area contributed by atoms with E-state index in [0.29, 0.717) is 5.46 Å². The molecule has 0 fully saturated rings. The summed E-state index contributed by atoms with van der Waals surface area (Å²) >= 11 is 0. The van der Waals surface area contributed by atoms with Crippen molar-refractivity contribution in [1.82, 2.24) is 4.57 Å². The van der Waals surface area contributed by atoms with Crippen LogP contribution in [0.4, 0.5) is 0 Å². The van der Waals surface area contributed by atoms with Crippen molar-refractivity contribution >= 4 is 34.4 Å². The van der Waals surface area contributed by atoms with Crippen molar-refractivity contribution in [2.24, 2.45) is 0 Å². The van der Waals surface area contributed by atoms with Gasteiger partial charge in [-0.05, 0) is 274 Å². The number of benzene rings is 12. The van der Waals surface area contributed by atoms with Crippen LogP contribution in [-0.4, -0.2) is 21.7 Å². The minimum atomic E-state index is -1.51. The van der Waals surface area contributed by atoms with E-state index in [9.17, 15) is 10.0 Å². The number of nitrogens with zero attached hydrogens (tertiary/aromatic N) is 1. The molecule has 144 heavy (non-hydrogen) atoms. The fourth-order valence-electron chi connectivity index (χ4n) is 27.6. The molecule has 0 atom stereocenters. The van der Waals surface area contributed by atoms with Crippen molar-refractivity contribution in [1.29, 1.82) is 0 Å². The first-order valence-corrected chi connectivity index (χ1v) is 59.7. The minimum absolute atomic E-state index is 0.0120. The Kier molecular flexibility index (Phi) is 38.1. The number of fused-ring (bicyclic) bond motifs is 15. The molecule has 0 spiro atoms. The number of hydrogen-bond donors (Lipinski definition) is 2. The average Bonchev–Trinajstić information content (AvgIpc) is 1.56. The van der Waals surface area contributed by atoms with Gasteiger partial charge in [-0.15, -0.1) is 0 Å². The van der Waals surface area contributed by atoms with Crippen LogP contribution >= 0.6 is 0 Å². The maximum atomic E-state index is 10.1. The molecule has 17 rings (SSSR count). The summed E-state index contributed by atoms with van der Waals surface area (Å²) in [6.45, 7) is 18.9. The van der Waals surface area contributed by atoms with Crippen molar-refractivity contribution in [3.05, 3.63) is 287 Å². The number of unbranched alkanes of at least 4 members (excludes halogenated alkanes) is 40. The Bertz CT molecular complexity index is 5890. The normalized spacial score (nSPS) is 14.0. The third-order valence-electron chi connectivity index (χ3n) is 35.7. The lowest BCUT2D eigenvalue weighted by Gasteiger charge is -2.34. The SMILES string of the molecule is CCCCCCCCC1(CCCCCCCC)c2ccccc2-c2ccc(-c3ccc4c(c3)C(CCCCCCCC)(CCCCCCCC)c3cc(-c5ccc6c(c5)c5cc(-c7ccc8c(c7)C(CCCCCCCC)(CCCCCCCC)c7cc(-c9ccc%10c(c9)C(CCCCCCCC)(CCCCCCCC)c9ccccc9-%10)ccc7-8)ccc5n6-c5ccc(-c6ccc(B(O)O)cc6)cc5)ccc3-4)cc21. The van der Waals surface area contributed by atoms with Gasteiger partial charge in [-0.3, -0.25) is 0 Å². The molecule has 0 radical (unpaired) electrons. The largest absolute Gasteiger partial charge is 0.488 e. The average molecular weight is 1920 g/mol. The highest BCUT2D eigenvalue weighted by Crippen LogP contribution is 2.62. The van der Waals surface area contributed by atoms with Crippen LogP contribution in [0.25, 0.3) is 128 Å². The highest BCUT2D eigenvalue weighted by atomic mass is 16.4. The zero-order chi connectivity index (χ0) is 99.5. The Morgan fingerprint density at radius 3 is 0.604 bits per heavy atom. The zero-order valence-electron chi connectivity index (χ0n) is 90.6. The second kappa shape index (κ2) is 51.9. The smallest absolute Gasteiger partial charge is 0.423 e. The zero-order valence-corrected chi connectivity index (χ0v) is 90.6. The topological polar surface area (TPSA) is 45.4 Å². The van der Waals surface area contributed by atoms with Gasteiger partial charge in [-0.25, -0.2) is 0 Å². The van der Waals surface area contributed by atoms with Crippen molar-refractivity contribution in [3.63, 3.8) is 0 Å². The molecule has 0 bridgehead atoms. The standard InChI is InChI=1S/C140H178BNO2/c1-9-17-25-33-41-53-89-137(90-54-42-34-26-18-10-2)127-63-51-49-61-117(127)119-81-71-111(101-129(119)137)113-73-85-123-121-83-69-109(99-131(121)139(133(123)103-113,93-57-45-37-29-21-13-5)94-58-46-38-30-22-14-6)107-75-87-135-125(97-107)126-98-108(76-88-136(126)142(135)116-79-67-106(68-80-116)105-65-77-115(78-66-105)141(143)144)110-70-84-122-124-86-74-114(104-134(124)140(132(122)100-110,95-59-47-39-31-23-15-7)96-60-48-40-32-24-16-8)112-72-82-120-118-62-50-52-64-128(118)138(130(120)102-112,91-55-43-35-27-19-11-3)92-56-44-36-28-20-12-4/h49-52,61-88,97-104,143-144H,9-48,53-60,89-96H2,1-8H3. The number of rotatable bonds is 63. The molecule has 0 saturated carbocycles. The first-order chi connectivity index (χ1) is 70.9. The Morgan fingerprint density at radius 2 is 0.368 bits per heavy atom. The van der Waals surface area contributed by atoms with Gasteiger partial charge in [0.05, 0.1) is 11.0 Å². The third kappa shape index (κ3) is 23.4. The number of hydrogen-bond acceptors (Lipinski definition) is 2. The molecule has 0 aliphatic heterocycles. The monoisotopic (exact) mass is 1920 g/mol. The number of aromatic nitrogens is 1. The van der Waals surface area contributed by atoms with Gasteiger partial charge >= 0.3 is 7.12 Å². The summed E-state index contributed by atoms with van der Waals surface area (Å²) in [4.78, 5) is 0. The quantitative estimate of drug-likeness (QED) is 0.0295. The highest BCUT2D eigenvalue weighted by Gasteiger charge is 2.48. The van der Waals surface area contributed by atoms with E-state index in [1.54, 1.807) is 44.5 Å². The fraction of sp³-hybridized carbons (Fsp3) is 0.486. The van der Waals surface area contributed by atoms with Crippen LogP contribution in [0.2, 0.25) is 0 Å². The molecule has 1 aromatic heterocycles. The molecule has 0 unspecified atom stereocenters. The maximum absolute atomic E-state index is 10.1. The lowest BCUT2D eigenvalue weighted by atomic mass is 9.69. The Labute approximate surface area is 872 Å². The third-order valence-corrected chi connectivity index (χ3v) is 35.7. The highest BCUT2D eigenvalue weighted by molar-refractivity contribution is 6.58. The Hall–Kier alpha value is -9.58. The molecule has 1 heterocycles. The van der Waals surface area contributed by atoms with Crippen molar-refractivity contribution in [2.75, 3.05) is 0 Å². The molecule has 4 heteroatoms. The lowest BCUT2D eigenvalue weighted by molar-refractivity contribution is 0.397. The first-order valence-electron chi connectivity index (χ1n) is 59.7. The van der Waals surface area contributed by atoms with Crippen molar-refractivity contribution in [3.8, 4) is 106 Å². The van der Waals surface area contributed by atoms with Gasteiger partial charge in [-0.2, -0.15) is 0 Å². The maximum Gasteiger partial charge on any atom is 0.488 e. The molecule has 0 saturated heterocycles. The van der Waals surface area contributed by atoms with Gasteiger partial charge in [0.25, 0.3) is 0 Å². The summed E-state index contributed by atoms with van der Waals surface area (Å²) in [6.07, 6.45) is 72.0. The molecule has 13 aromatic rings. The van der Waals surface area contributed by atoms with E-state index < -0.39 is 7.12 Å². The van der Waals surface area contributed by atoms with Crippen LogP contribution in [0.5, 0.6) is 0 Å². The van der Waals surface area contributed by atoms with Crippen LogP contribution in [0.1, 0.15) is 459 Å². The van der Waals surface area contributed by atoms with Gasteiger partial charge < -0.3 is 14.6 Å². The van der Waals surface area contributed by atoms with Crippen LogP contribution in [0.15, 0.2) is 243 Å². The van der Waals surface area contributed by atoms with Gasteiger partial charge in [0, 0.05) is 38.1 Å². The second-order valence-corrected chi connectivity index (χ2v) is 45.5. The van der Waals surface area contributed by atoms with Crippen LogP contribution in [-0.2, 0) is 21.7 Å². The summed E-state index contributed by atoms with van der Waals surface area (Å²) in [6, 6.07) is 98.1. The summed E-state index contributed by atoms with van der Waals surface area (Å²) in [5.74, 6) is 0. The van der Waals surface area contributed by atoms with E-state index in [1.807, 2.05) is 24.3 Å². The van der Waals surface area contributed by atoms with E-state index in [-0.39, 0.29) is 21.7 Å². The molecule has 4 aliphatic rings.